The maximum Gasteiger partial charge on any atom is 0.0640 e. The lowest BCUT2D eigenvalue weighted by atomic mass is 10.2. The lowest BCUT2D eigenvalue weighted by molar-refractivity contribution is 0.164. The van der Waals surface area contributed by atoms with E-state index in [0.29, 0.717) is 5.92 Å². The Morgan fingerprint density at radius 3 is 2.80 bits per heavy atom. The highest BCUT2D eigenvalue weighted by Crippen LogP contribution is 2.22. The molecule has 0 spiro atoms. The first-order valence-corrected chi connectivity index (χ1v) is 5.50. The van der Waals surface area contributed by atoms with Crippen LogP contribution >= 0.6 is 11.6 Å². The SMILES string of the molecule is COCC(C)CNc1ccc(C)cc1Cl. The van der Waals surface area contributed by atoms with E-state index in [1.807, 2.05) is 19.1 Å². The number of methoxy groups -OCH3 is 1. The van der Waals surface area contributed by atoms with Gasteiger partial charge in [-0.1, -0.05) is 24.6 Å². The maximum atomic E-state index is 6.10. The van der Waals surface area contributed by atoms with Gasteiger partial charge in [0.25, 0.3) is 0 Å². The molecule has 0 fully saturated rings. The zero-order valence-corrected chi connectivity index (χ0v) is 10.3. The zero-order valence-electron chi connectivity index (χ0n) is 9.51. The number of nitrogens with one attached hydrogen (secondary N) is 1. The van der Waals surface area contributed by atoms with Crippen LogP contribution in [0.3, 0.4) is 0 Å². The number of hydrogen-bond donors (Lipinski definition) is 1. The molecule has 0 aliphatic heterocycles. The van der Waals surface area contributed by atoms with Crippen molar-refractivity contribution in [3.8, 4) is 0 Å². The van der Waals surface area contributed by atoms with Gasteiger partial charge < -0.3 is 10.1 Å². The van der Waals surface area contributed by atoms with E-state index in [0.717, 1.165) is 23.9 Å². The number of anilines is 1. The third-order valence-electron chi connectivity index (χ3n) is 2.22. The second-order valence-electron chi connectivity index (χ2n) is 3.92. The average Bonchev–Trinajstić information content (AvgIpc) is 2.17. The lowest BCUT2D eigenvalue weighted by Gasteiger charge is -2.13. The highest BCUT2D eigenvalue weighted by molar-refractivity contribution is 6.33. The summed E-state index contributed by atoms with van der Waals surface area (Å²) in [4.78, 5) is 0. The molecule has 1 unspecified atom stereocenters. The van der Waals surface area contributed by atoms with Crippen molar-refractivity contribution in [3.05, 3.63) is 28.8 Å². The number of ether oxygens (including phenoxy) is 1. The average molecular weight is 228 g/mol. The number of rotatable bonds is 5. The molecule has 3 heteroatoms. The van der Waals surface area contributed by atoms with E-state index >= 15 is 0 Å². The van der Waals surface area contributed by atoms with Crippen LogP contribution in [0.4, 0.5) is 5.69 Å². The first kappa shape index (κ1) is 12.3. The summed E-state index contributed by atoms with van der Waals surface area (Å²) in [6.07, 6.45) is 0. The monoisotopic (exact) mass is 227 g/mol. The van der Waals surface area contributed by atoms with Crippen LogP contribution in [0.15, 0.2) is 18.2 Å². The fraction of sp³-hybridized carbons (Fsp3) is 0.500. The molecule has 0 heterocycles. The van der Waals surface area contributed by atoms with E-state index in [2.05, 4.69) is 18.3 Å². The summed E-state index contributed by atoms with van der Waals surface area (Å²) in [6, 6.07) is 6.03. The van der Waals surface area contributed by atoms with Gasteiger partial charge in [0.05, 0.1) is 17.3 Å². The van der Waals surface area contributed by atoms with Gasteiger partial charge in [0.1, 0.15) is 0 Å². The van der Waals surface area contributed by atoms with Crippen molar-refractivity contribution >= 4 is 17.3 Å². The molecule has 0 aliphatic carbocycles. The molecule has 0 saturated heterocycles. The van der Waals surface area contributed by atoms with Crippen LogP contribution in [-0.2, 0) is 4.74 Å². The van der Waals surface area contributed by atoms with Crippen LogP contribution in [0.2, 0.25) is 5.02 Å². The minimum atomic E-state index is 0.479. The highest BCUT2D eigenvalue weighted by Gasteiger charge is 2.03. The minimum absolute atomic E-state index is 0.479. The van der Waals surface area contributed by atoms with Crippen molar-refractivity contribution in [3.63, 3.8) is 0 Å². The van der Waals surface area contributed by atoms with Crippen LogP contribution in [-0.4, -0.2) is 20.3 Å². The van der Waals surface area contributed by atoms with Gasteiger partial charge in [-0.2, -0.15) is 0 Å². The molecule has 1 aromatic carbocycles. The van der Waals surface area contributed by atoms with Gasteiger partial charge >= 0.3 is 0 Å². The number of benzene rings is 1. The number of hydrogen-bond acceptors (Lipinski definition) is 2. The second kappa shape index (κ2) is 5.99. The van der Waals surface area contributed by atoms with Crippen molar-refractivity contribution in [2.45, 2.75) is 13.8 Å². The van der Waals surface area contributed by atoms with Gasteiger partial charge in [0.2, 0.25) is 0 Å². The molecule has 15 heavy (non-hydrogen) atoms. The van der Waals surface area contributed by atoms with Crippen LogP contribution < -0.4 is 5.32 Å². The van der Waals surface area contributed by atoms with E-state index in [-0.39, 0.29) is 0 Å². The zero-order chi connectivity index (χ0) is 11.3. The van der Waals surface area contributed by atoms with E-state index in [4.69, 9.17) is 16.3 Å². The fourth-order valence-electron chi connectivity index (χ4n) is 1.39. The third kappa shape index (κ3) is 4.10. The first-order valence-electron chi connectivity index (χ1n) is 5.12. The van der Waals surface area contributed by atoms with Gasteiger partial charge in [-0.3, -0.25) is 0 Å². The molecular weight excluding hydrogens is 210 g/mol. The summed E-state index contributed by atoms with van der Waals surface area (Å²) in [7, 11) is 1.72. The summed E-state index contributed by atoms with van der Waals surface area (Å²) < 4.78 is 5.07. The molecule has 0 bridgehead atoms. The Labute approximate surface area is 96.6 Å². The van der Waals surface area contributed by atoms with E-state index < -0.39 is 0 Å². The standard InChI is InChI=1S/C12H18ClNO/c1-9-4-5-12(11(13)6-9)14-7-10(2)8-15-3/h4-6,10,14H,7-8H2,1-3H3. The van der Waals surface area contributed by atoms with Gasteiger partial charge in [-0.05, 0) is 30.5 Å². The Balaban J connectivity index is 2.50. The molecule has 84 valence electrons. The quantitative estimate of drug-likeness (QED) is 0.833. The highest BCUT2D eigenvalue weighted by atomic mass is 35.5. The molecule has 1 atom stereocenters. The van der Waals surface area contributed by atoms with Crippen LogP contribution in [0.5, 0.6) is 0 Å². The van der Waals surface area contributed by atoms with E-state index in [1.165, 1.54) is 5.56 Å². The molecular formula is C12H18ClNO. The Hall–Kier alpha value is -0.730. The van der Waals surface area contributed by atoms with E-state index in [9.17, 15) is 0 Å². The predicted molar refractivity (Wildman–Crippen MR) is 65.7 cm³/mol. The van der Waals surface area contributed by atoms with Crippen molar-refractivity contribution < 1.29 is 4.74 Å². The van der Waals surface area contributed by atoms with Gasteiger partial charge in [-0.25, -0.2) is 0 Å². The van der Waals surface area contributed by atoms with Gasteiger partial charge in [0, 0.05) is 13.7 Å². The minimum Gasteiger partial charge on any atom is -0.384 e. The fourth-order valence-corrected chi connectivity index (χ4v) is 1.69. The molecule has 0 radical (unpaired) electrons. The second-order valence-corrected chi connectivity index (χ2v) is 4.33. The predicted octanol–water partition coefficient (Wildman–Crippen LogP) is 3.34. The Bertz CT molecular complexity index is 314. The largest absolute Gasteiger partial charge is 0.384 e. The normalized spacial score (nSPS) is 12.5. The Kier molecular flexibility index (Phi) is 4.92. The summed E-state index contributed by atoms with van der Waals surface area (Å²) in [5, 5.41) is 4.09. The van der Waals surface area contributed by atoms with Gasteiger partial charge in [0.15, 0.2) is 0 Å². The maximum absolute atomic E-state index is 6.10. The third-order valence-corrected chi connectivity index (χ3v) is 2.53. The summed E-state index contributed by atoms with van der Waals surface area (Å²) in [6.45, 7) is 5.80. The number of aryl methyl sites for hydroxylation is 1. The van der Waals surface area contributed by atoms with Crippen LogP contribution in [0.1, 0.15) is 12.5 Å². The first-order chi connectivity index (χ1) is 7.13. The molecule has 2 nitrogen and oxygen atoms in total. The summed E-state index contributed by atoms with van der Waals surface area (Å²) >= 11 is 6.10. The number of halogens is 1. The van der Waals surface area contributed by atoms with Crippen LogP contribution in [0.25, 0.3) is 0 Å². The molecule has 0 saturated carbocycles. The molecule has 1 rings (SSSR count). The lowest BCUT2D eigenvalue weighted by Crippen LogP contribution is -2.15. The molecule has 0 aliphatic rings. The molecule has 1 N–H and O–H groups in total. The van der Waals surface area contributed by atoms with Crippen molar-refractivity contribution in [2.24, 2.45) is 5.92 Å². The smallest absolute Gasteiger partial charge is 0.0640 e. The summed E-state index contributed by atoms with van der Waals surface area (Å²) in [5.41, 5.74) is 2.17. The van der Waals surface area contributed by atoms with Crippen molar-refractivity contribution in [1.29, 1.82) is 0 Å². The van der Waals surface area contributed by atoms with Gasteiger partial charge in [-0.15, -0.1) is 0 Å². The van der Waals surface area contributed by atoms with E-state index in [1.54, 1.807) is 7.11 Å². The van der Waals surface area contributed by atoms with Crippen LogP contribution in [0, 0.1) is 12.8 Å². The Morgan fingerprint density at radius 2 is 2.20 bits per heavy atom. The molecule has 0 aromatic heterocycles. The topological polar surface area (TPSA) is 21.3 Å². The Morgan fingerprint density at radius 1 is 1.47 bits per heavy atom. The molecule has 1 aromatic rings. The van der Waals surface area contributed by atoms with Crippen molar-refractivity contribution in [1.82, 2.24) is 0 Å². The van der Waals surface area contributed by atoms with Crippen molar-refractivity contribution in [2.75, 3.05) is 25.6 Å². The summed E-state index contributed by atoms with van der Waals surface area (Å²) in [5.74, 6) is 0.479. The molecule has 0 amide bonds.